The second-order valence-corrected chi connectivity index (χ2v) is 5.74. The summed E-state index contributed by atoms with van der Waals surface area (Å²) in [5.74, 6) is -0.740. The number of rotatable bonds is 3. The quantitative estimate of drug-likeness (QED) is 0.903. The Morgan fingerprint density at radius 2 is 2.20 bits per heavy atom. The van der Waals surface area contributed by atoms with Crippen molar-refractivity contribution in [2.24, 2.45) is 5.92 Å². The van der Waals surface area contributed by atoms with Gasteiger partial charge in [-0.2, -0.15) is 0 Å². The third kappa shape index (κ3) is 1.83. The van der Waals surface area contributed by atoms with Crippen LogP contribution in [-0.4, -0.2) is 22.7 Å². The first kappa shape index (κ1) is 13.2. The molecule has 0 unspecified atom stereocenters. The minimum atomic E-state index is -0.829. The van der Waals surface area contributed by atoms with Gasteiger partial charge in [-0.25, -0.2) is 0 Å². The van der Waals surface area contributed by atoms with Crippen molar-refractivity contribution in [2.45, 2.75) is 32.3 Å². The molecular weight excluding hydrogens is 254 g/mol. The Hall–Kier alpha value is -1.81. The van der Waals surface area contributed by atoms with Crippen molar-refractivity contribution < 1.29 is 14.6 Å². The van der Waals surface area contributed by atoms with E-state index in [1.165, 1.54) is 10.9 Å². The summed E-state index contributed by atoms with van der Waals surface area (Å²) in [5.41, 5.74) is 2.46. The maximum absolute atomic E-state index is 11.3. The predicted molar refractivity (Wildman–Crippen MR) is 76.7 cm³/mol. The van der Waals surface area contributed by atoms with E-state index in [0.29, 0.717) is 6.61 Å². The molecule has 2 N–H and O–H groups in total. The molecule has 0 amide bonds. The highest BCUT2D eigenvalue weighted by Crippen LogP contribution is 2.43. The highest BCUT2D eigenvalue weighted by atomic mass is 16.5. The summed E-state index contributed by atoms with van der Waals surface area (Å²) in [6.45, 7) is 4.60. The molecule has 2 aromatic rings. The molecule has 3 rings (SSSR count). The number of carbonyl (C=O) groups is 1. The Morgan fingerprint density at radius 3 is 2.90 bits per heavy atom. The molecule has 1 aliphatic heterocycles. The highest BCUT2D eigenvalue weighted by molar-refractivity contribution is 5.85. The Bertz CT molecular complexity index is 659. The molecule has 0 saturated carbocycles. The normalized spacial score (nSPS) is 22.1. The fraction of sp³-hybridized carbons (Fsp3) is 0.438. The first-order valence-electron chi connectivity index (χ1n) is 7.00. The van der Waals surface area contributed by atoms with Gasteiger partial charge < -0.3 is 14.8 Å². The number of H-pyrrole nitrogens is 1. The molecule has 4 heteroatoms. The number of fused-ring (bicyclic) bond motifs is 3. The van der Waals surface area contributed by atoms with Gasteiger partial charge >= 0.3 is 5.97 Å². The summed E-state index contributed by atoms with van der Waals surface area (Å²) in [7, 11) is 0. The summed E-state index contributed by atoms with van der Waals surface area (Å²) in [6, 6.07) is 8.11. The summed E-state index contributed by atoms with van der Waals surface area (Å²) in [6.07, 6.45) is 0.817. The summed E-state index contributed by atoms with van der Waals surface area (Å²) in [5, 5.41) is 10.5. The third-order valence-electron chi connectivity index (χ3n) is 4.29. The standard InChI is InChI=1S/C16H19NO3/c1-10(2)16(9-14(18)19)15-12(7-8-20-16)11-5-3-4-6-13(11)17-15/h3-6,10,17H,7-9H2,1-2H3,(H,18,19)/t16-/m1/s1. The number of nitrogens with one attached hydrogen (secondary N) is 1. The van der Waals surface area contributed by atoms with E-state index in [2.05, 4.69) is 11.1 Å². The first-order valence-corrected chi connectivity index (χ1v) is 7.00. The van der Waals surface area contributed by atoms with E-state index in [1.54, 1.807) is 0 Å². The minimum Gasteiger partial charge on any atom is -0.481 e. The van der Waals surface area contributed by atoms with Gasteiger partial charge in [0.25, 0.3) is 0 Å². The van der Waals surface area contributed by atoms with Gasteiger partial charge in [-0.15, -0.1) is 0 Å². The van der Waals surface area contributed by atoms with Gasteiger partial charge in [-0.3, -0.25) is 4.79 Å². The minimum absolute atomic E-state index is 0.00944. The van der Waals surface area contributed by atoms with E-state index >= 15 is 0 Å². The van der Waals surface area contributed by atoms with Crippen molar-refractivity contribution in [3.8, 4) is 0 Å². The van der Waals surface area contributed by atoms with Crippen LogP contribution in [0, 0.1) is 5.92 Å². The monoisotopic (exact) mass is 273 g/mol. The van der Waals surface area contributed by atoms with Gasteiger partial charge in [-0.05, 0) is 24.0 Å². The average molecular weight is 273 g/mol. The molecule has 0 fully saturated rings. The van der Waals surface area contributed by atoms with Crippen molar-refractivity contribution in [2.75, 3.05) is 6.61 Å². The molecule has 0 aliphatic carbocycles. The molecule has 106 valence electrons. The molecule has 0 saturated heterocycles. The zero-order valence-corrected chi connectivity index (χ0v) is 11.8. The van der Waals surface area contributed by atoms with Gasteiger partial charge in [0.2, 0.25) is 0 Å². The lowest BCUT2D eigenvalue weighted by Crippen LogP contribution is -2.42. The number of aromatic amines is 1. The van der Waals surface area contributed by atoms with Crippen LogP contribution in [0.5, 0.6) is 0 Å². The van der Waals surface area contributed by atoms with Gasteiger partial charge in [-0.1, -0.05) is 32.0 Å². The number of hydrogen-bond donors (Lipinski definition) is 2. The van der Waals surface area contributed by atoms with Crippen LogP contribution >= 0.6 is 0 Å². The van der Waals surface area contributed by atoms with Crippen LogP contribution in [0.3, 0.4) is 0 Å². The maximum atomic E-state index is 11.3. The molecule has 20 heavy (non-hydrogen) atoms. The fourth-order valence-electron chi connectivity index (χ4n) is 3.25. The van der Waals surface area contributed by atoms with Gasteiger partial charge in [0.15, 0.2) is 0 Å². The van der Waals surface area contributed by atoms with E-state index in [-0.39, 0.29) is 12.3 Å². The van der Waals surface area contributed by atoms with Crippen LogP contribution < -0.4 is 0 Å². The second kappa shape index (κ2) is 4.63. The lowest BCUT2D eigenvalue weighted by Gasteiger charge is -2.39. The summed E-state index contributed by atoms with van der Waals surface area (Å²) >= 11 is 0. The number of ether oxygens (including phenoxy) is 1. The van der Waals surface area contributed by atoms with Crippen molar-refractivity contribution in [1.82, 2.24) is 4.98 Å². The maximum Gasteiger partial charge on any atom is 0.306 e. The van der Waals surface area contributed by atoms with E-state index in [4.69, 9.17) is 4.74 Å². The topological polar surface area (TPSA) is 62.3 Å². The van der Waals surface area contributed by atoms with Crippen LogP contribution in [0.1, 0.15) is 31.5 Å². The van der Waals surface area contributed by atoms with Crippen molar-refractivity contribution in [3.63, 3.8) is 0 Å². The Labute approximate surface area is 117 Å². The molecule has 1 atom stereocenters. The summed E-state index contributed by atoms with van der Waals surface area (Å²) in [4.78, 5) is 14.7. The summed E-state index contributed by atoms with van der Waals surface area (Å²) < 4.78 is 5.98. The van der Waals surface area contributed by atoms with Crippen LogP contribution in [0.15, 0.2) is 24.3 Å². The average Bonchev–Trinajstić information content (AvgIpc) is 2.78. The lowest BCUT2D eigenvalue weighted by atomic mass is 9.80. The third-order valence-corrected chi connectivity index (χ3v) is 4.29. The van der Waals surface area contributed by atoms with Crippen molar-refractivity contribution >= 4 is 16.9 Å². The van der Waals surface area contributed by atoms with Gasteiger partial charge in [0.05, 0.1) is 18.7 Å². The number of benzene rings is 1. The molecule has 1 aromatic heterocycles. The number of aliphatic carboxylic acids is 1. The molecule has 1 aliphatic rings. The largest absolute Gasteiger partial charge is 0.481 e. The smallest absolute Gasteiger partial charge is 0.306 e. The molecule has 0 spiro atoms. The molecule has 1 aromatic carbocycles. The Morgan fingerprint density at radius 1 is 1.45 bits per heavy atom. The zero-order valence-electron chi connectivity index (χ0n) is 11.8. The van der Waals surface area contributed by atoms with Crippen LogP contribution in [-0.2, 0) is 21.6 Å². The highest BCUT2D eigenvalue weighted by Gasteiger charge is 2.44. The van der Waals surface area contributed by atoms with E-state index in [1.807, 2.05) is 32.0 Å². The zero-order chi connectivity index (χ0) is 14.3. The molecule has 0 bridgehead atoms. The Balaban J connectivity index is 2.23. The van der Waals surface area contributed by atoms with E-state index in [0.717, 1.165) is 17.6 Å². The number of carboxylic acid groups (broad SMARTS) is 1. The Kier molecular flexibility index (Phi) is 3.05. The number of carboxylic acids is 1. The van der Waals surface area contributed by atoms with Gasteiger partial charge in [0.1, 0.15) is 5.60 Å². The fourth-order valence-corrected chi connectivity index (χ4v) is 3.25. The molecule has 4 nitrogen and oxygen atoms in total. The lowest BCUT2D eigenvalue weighted by molar-refractivity contribution is -0.154. The molecular formula is C16H19NO3. The van der Waals surface area contributed by atoms with Crippen molar-refractivity contribution in [1.29, 1.82) is 0 Å². The second-order valence-electron chi connectivity index (χ2n) is 5.74. The number of aromatic nitrogens is 1. The van der Waals surface area contributed by atoms with Crippen LogP contribution in [0.25, 0.3) is 10.9 Å². The molecule has 0 radical (unpaired) electrons. The predicted octanol–water partition coefficient (Wildman–Crippen LogP) is 3.07. The number of para-hydroxylation sites is 1. The van der Waals surface area contributed by atoms with E-state index in [9.17, 15) is 9.90 Å². The van der Waals surface area contributed by atoms with E-state index < -0.39 is 11.6 Å². The number of hydrogen-bond acceptors (Lipinski definition) is 2. The first-order chi connectivity index (χ1) is 9.54. The van der Waals surface area contributed by atoms with Crippen LogP contribution in [0.4, 0.5) is 0 Å². The molecule has 2 heterocycles. The SMILES string of the molecule is CC(C)[C@@]1(CC(=O)O)OCCc2c1[nH]c1ccccc21. The van der Waals surface area contributed by atoms with Crippen molar-refractivity contribution in [3.05, 3.63) is 35.5 Å². The van der Waals surface area contributed by atoms with Crippen LogP contribution in [0.2, 0.25) is 0 Å². The van der Waals surface area contributed by atoms with Gasteiger partial charge in [0, 0.05) is 10.9 Å².